The van der Waals surface area contributed by atoms with E-state index in [1.807, 2.05) is 30.0 Å². The summed E-state index contributed by atoms with van der Waals surface area (Å²) < 4.78 is 5.31. The first-order valence-corrected chi connectivity index (χ1v) is 9.07. The first-order valence-electron chi connectivity index (χ1n) is 9.07. The molecule has 25 heavy (non-hydrogen) atoms. The van der Waals surface area contributed by atoms with Crippen LogP contribution in [0.1, 0.15) is 35.7 Å². The summed E-state index contributed by atoms with van der Waals surface area (Å²) in [6, 6.07) is 5.89. The van der Waals surface area contributed by atoms with Gasteiger partial charge in [0.1, 0.15) is 0 Å². The molecule has 0 radical (unpaired) electrons. The maximum atomic E-state index is 12.8. The monoisotopic (exact) mass is 345 g/mol. The third-order valence-electron chi connectivity index (χ3n) is 5.11. The fraction of sp³-hybridized carbons (Fsp3) is 0.579. The van der Waals surface area contributed by atoms with Crippen LogP contribution in [0.4, 0.5) is 5.69 Å². The fourth-order valence-corrected chi connectivity index (χ4v) is 3.54. The molecule has 2 heterocycles. The van der Waals surface area contributed by atoms with Crippen molar-refractivity contribution in [3.05, 3.63) is 29.3 Å². The van der Waals surface area contributed by atoms with E-state index in [4.69, 9.17) is 4.74 Å². The first-order chi connectivity index (χ1) is 12.1. The van der Waals surface area contributed by atoms with Crippen LogP contribution in [0, 0.1) is 12.8 Å². The van der Waals surface area contributed by atoms with Crippen LogP contribution >= 0.6 is 0 Å². The molecule has 0 bridgehead atoms. The first kappa shape index (κ1) is 17.9. The molecule has 6 heteroatoms. The van der Waals surface area contributed by atoms with Gasteiger partial charge in [-0.2, -0.15) is 0 Å². The number of carbonyl (C=O) groups is 2. The summed E-state index contributed by atoms with van der Waals surface area (Å²) in [6.45, 7) is 7.25. The molecule has 2 aliphatic rings. The second-order valence-electron chi connectivity index (χ2n) is 6.95. The van der Waals surface area contributed by atoms with E-state index in [9.17, 15) is 9.59 Å². The molecule has 0 aromatic heterocycles. The van der Waals surface area contributed by atoms with Crippen molar-refractivity contribution in [3.63, 3.8) is 0 Å². The maximum absolute atomic E-state index is 12.8. The van der Waals surface area contributed by atoms with Crippen LogP contribution in [0.5, 0.6) is 0 Å². The number of hydrogen-bond donors (Lipinski definition) is 2. The van der Waals surface area contributed by atoms with E-state index in [0.717, 1.165) is 30.6 Å². The second kappa shape index (κ2) is 7.97. The molecule has 0 unspecified atom stereocenters. The van der Waals surface area contributed by atoms with Gasteiger partial charge in [0.05, 0.1) is 13.2 Å². The number of ether oxygens (including phenoxy) is 1. The molecule has 2 aliphatic heterocycles. The van der Waals surface area contributed by atoms with Gasteiger partial charge in [0.15, 0.2) is 0 Å². The lowest BCUT2D eigenvalue weighted by atomic mass is 9.92. The number of benzene rings is 1. The van der Waals surface area contributed by atoms with Gasteiger partial charge in [-0.15, -0.1) is 0 Å². The van der Waals surface area contributed by atoms with Crippen molar-refractivity contribution in [2.45, 2.75) is 32.7 Å². The SMILES string of the molecule is Cc1c(NC(=O)[C@H]2CCN[C@@H](C)C2)cccc1C(=O)N1CCOCC1. The minimum absolute atomic E-state index is 0.00684. The number of nitrogens with one attached hydrogen (secondary N) is 2. The third-order valence-corrected chi connectivity index (χ3v) is 5.11. The summed E-state index contributed by atoms with van der Waals surface area (Å²) in [5.74, 6) is 0.0778. The Balaban J connectivity index is 1.72. The number of rotatable bonds is 3. The molecule has 0 spiro atoms. The van der Waals surface area contributed by atoms with Crippen molar-refractivity contribution >= 4 is 17.5 Å². The summed E-state index contributed by atoms with van der Waals surface area (Å²) in [5, 5.41) is 6.40. The number of carbonyl (C=O) groups excluding carboxylic acids is 2. The van der Waals surface area contributed by atoms with Crippen LogP contribution in [0.25, 0.3) is 0 Å². The Hall–Kier alpha value is -1.92. The van der Waals surface area contributed by atoms with E-state index in [-0.39, 0.29) is 17.7 Å². The van der Waals surface area contributed by atoms with Gasteiger partial charge in [0.2, 0.25) is 5.91 Å². The largest absolute Gasteiger partial charge is 0.378 e. The number of anilines is 1. The average molecular weight is 345 g/mol. The number of nitrogens with zero attached hydrogens (tertiary/aromatic N) is 1. The van der Waals surface area contributed by atoms with Crippen molar-refractivity contribution < 1.29 is 14.3 Å². The van der Waals surface area contributed by atoms with Crippen molar-refractivity contribution in [2.24, 2.45) is 5.92 Å². The number of piperidine rings is 1. The molecule has 1 aromatic rings. The molecule has 0 saturated carbocycles. The van der Waals surface area contributed by atoms with Gasteiger partial charge >= 0.3 is 0 Å². The zero-order valence-corrected chi connectivity index (χ0v) is 15.0. The Morgan fingerprint density at radius 2 is 2.04 bits per heavy atom. The Labute approximate surface area is 148 Å². The molecule has 6 nitrogen and oxygen atoms in total. The van der Waals surface area contributed by atoms with Crippen LogP contribution in [-0.4, -0.2) is 55.6 Å². The summed E-state index contributed by atoms with van der Waals surface area (Å²) in [4.78, 5) is 27.2. The van der Waals surface area contributed by atoms with E-state index in [1.54, 1.807) is 0 Å². The quantitative estimate of drug-likeness (QED) is 0.876. The molecule has 3 rings (SSSR count). The molecule has 2 fully saturated rings. The summed E-state index contributed by atoms with van der Waals surface area (Å²) in [6.07, 6.45) is 1.69. The van der Waals surface area contributed by atoms with Crippen molar-refractivity contribution in [1.82, 2.24) is 10.2 Å². The van der Waals surface area contributed by atoms with Crippen molar-refractivity contribution in [2.75, 3.05) is 38.2 Å². The van der Waals surface area contributed by atoms with Gasteiger partial charge in [-0.3, -0.25) is 9.59 Å². The maximum Gasteiger partial charge on any atom is 0.254 e. The Bertz CT molecular complexity index is 641. The minimum Gasteiger partial charge on any atom is -0.378 e. The fourth-order valence-electron chi connectivity index (χ4n) is 3.54. The van der Waals surface area contributed by atoms with Gasteiger partial charge < -0.3 is 20.3 Å². The lowest BCUT2D eigenvalue weighted by Gasteiger charge is -2.28. The normalized spacial score (nSPS) is 24.0. The molecule has 2 N–H and O–H groups in total. The number of morpholine rings is 1. The summed E-state index contributed by atoms with van der Waals surface area (Å²) in [5.41, 5.74) is 2.21. The summed E-state index contributed by atoms with van der Waals surface area (Å²) >= 11 is 0. The van der Waals surface area contributed by atoms with E-state index < -0.39 is 0 Å². The third kappa shape index (κ3) is 4.19. The lowest BCUT2D eigenvalue weighted by molar-refractivity contribution is -0.120. The molecule has 136 valence electrons. The van der Waals surface area contributed by atoms with Crippen LogP contribution in [-0.2, 0) is 9.53 Å². The average Bonchev–Trinajstić information content (AvgIpc) is 2.63. The van der Waals surface area contributed by atoms with Gasteiger partial charge in [-0.05, 0) is 50.9 Å². The molecule has 2 amide bonds. The summed E-state index contributed by atoms with van der Waals surface area (Å²) in [7, 11) is 0. The van der Waals surface area contributed by atoms with E-state index in [1.165, 1.54) is 0 Å². The Morgan fingerprint density at radius 3 is 2.76 bits per heavy atom. The zero-order chi connectivity index (χ0) is 17.8. The van der Waals surface area contributed by atoms with Gasteiger partial charge in [0, 0.05) is 36.3 Å². The van der Waals surface area contributed by atoms with Crippen LogP contribution in [0.2, 0.25) is 0 Å². The molecular formula is C19H27N3O3. The van der Waals surface area contributed by atoms with Crippen LogP contribution in [0.15, 0.2) is 18.2 Å². The number of amides is 2. The van der Waals surface area contributed by atoms with Gasteiger partial charge in [-0.1, -0.05) is 6.07 Å². The highest BCUT2D eigenvalue weighted by Crippen LogP contribution is 2.24. The highest BCUT2D eigenvalue weighted by molar-refractivity contribution is 5.99. The predicted octanol–water partition coefficient (Wildman–Crippen LogP) is 1.79. The number of hydrogen-bond acceptors (Lipinski definition) is 4. The molecular weight excluding hydrogens is 318 g/mol. The smallest absolute Gasteiger partial charge is 0.254 e. The van der Waals surface area contributed by atoms with E-state index in [0.29, 0.717) is 37.9 Å². The second-order valence-corrected chi connectivity index (χ2v) is 6.95. The van der Waals surface area contributed by atoms with Crippen molar-refractivity contribution in [3.8, 4) is 0 Å². The molecule has 2 saturated heterocycles. The topological polar surface area (TPSA) is 70.7 Å². The van der Waals surface area contributed by atoms with Gasteiger partial charge in [0.25, 0.3) is 5.91 Å². The highest BCUT2D eigenvalue weighted by atomic mass is 16.5. The van der Waals surface area contributed by atoms with Crippen LogP contribution < -0.4 is 10.6 Å². The molecule has 1 aromatic carbocycles. The van der Waals surface area contributed by atoms with Crippen LogP contribution in [0.3, 0.4) is 0 Å². The molecule has 0 aliphatic carbocycles. The highest BCUT2D eigenvalue weighted by Gasteiger charge is 2.26. The standard InChI is InChI=1S/C19H27N3O3/c1-13-12-15(6-7-20-13)18(23)21-17-5-3-4-16(14(17)2)19(24)22-8-10-25-11-9-22/h3-5,13,15,20H,6-12H2,1-2H3,(H,21,23)/t13-,15-/m0/s1. The predicted molar refractivity (Wildman–Crippen MR) is 96.7 cm³/mol. The molecule has 2 atom stereocenters. The van der Waals surface area contributed by atoms with E-state index >= 15 is 0 Å². The zero-order valence-electron chi connectivity index (χ0n) is 15.0. The van der Waals surface area contributed by atoms with E-state index in [2.05, 4.69) is 17.6 Å². The Morgan fingerprint density at radius 1 is 1.28 bits per heavy atom. The minimum atomic E-state index is 0.00684. The van der Waals surface area contributed by atoms with Gasteiger partial charge in [-0.25, -0.2) is 0 Å². The Kier molecular flexibility index (Phi) is 5.71. The lowest BCUT2D eigenvalue weighted by Crippen LogP contribution is -2.41. The van der Waals surface area contributed by atoms with Crippen molar-refractivity contribution in [1.29, 1.82) is 0 Å².